The van der Waals surface area contributed by atoms with Gasteiger partial charge in [-0.25, -0.2) is 13.4 Å². The predicted octanol–water partition coefficient (Wildman–Crippen LogP) is 3.91. The van der Waals surface area contributed by atoms with Crippen LogP contribution in [0.15, 0.2) is 16.7 Å². The number of rotatable bonds is 6. The molecule has 1 amide bonds. The largest absolute Gasteiger partial charge is 0.335 e. The molecule has 0 radical (unpaired) electrons. The minimum absolute atomic E-state index is 0.0613. The Morgan fingerprint density at radius 1 is 1.30 bits per heavy atom. The molecule has 0 saturated heterocycles. The van der Waals surface area contributed by atoms with Crippen molar-refractivity contribution in [3.05, 3.63) is 33.1 Å². The number of hydrogen-bond acceptors (Lipinski definition) is 7. The van der Waals surface area contributed by atoms with E-state index >= 15 is 0 Å². The molecule has 3 heterocycles. The Labute approximate surface area is 180 Å². The van der Waals surface area contributed by atoms with Gasteiger partial charge in [0.15, 0.2) is 0 Å². The number of thiophene rings is 1. The van der Waals surface area contributed by atoms with Gasteiger partial charge in [0.1, 0.15) is 9.84 Å². The van der Waals surface area contributed by atoms with Crippen LogP contribution in [0.3, 0.4) is 0 Å². The summed E-state index contributed by atoms with van der Waals surface area (Å²) in [6.07, 6.45) is 2.96. The maximum Gasteiger partial charge on any atom is 0.259 e. The zero-order valence-electron chi connectivity index (χ0n) is 17.7. The lowest BCUT2D eigenvalue weighted by Crippen LogP contribution is -2.44. The second-order valence-corrected chi connectivity index (χ2v) is 11.9. The predicted molar refractivity (Wildman–Crippen MR) is 118 cm³/mol. The van der Waals surface area contributed by atoms with Crippen molar-refractivity contribution < 1.29 is 17.7 Å². The van der Waals surface area contributed by atoms with Gasteiger partial charge >= 0.3 is 0 Å². The summed E-state index contributed by atoms with van der Waals surface area (Å²) >= 11 is 1.67. The number of amides is 1. The number of aromatic nitrogens is 2. The molecular weight excluding hydrogens is 422 g/mol. The Balaban J connectivity index is 1.84. The van der Waals surface area contributed by atoms with Gasteiger partial charge in [-0.05, 0) is 52.7 Å². The first-order chi connectivity index (χ1) is 14.0. The van der Waals surface area contributed by atoms with Gasteiger partial charge in [0.25, 0.3) is 11.6 Å². The third kappa shape index (κ3) is 4.00. The van der Waals surface area contributed by atoms with E-state index in [0.29, 0.717) is 28.1 Å². The summed E-state index contributed by atoms with van der Waals surface area (Å²) < 4.78 is 29.2. The number of nitrogens with zero attached hydrogens (tertiary/aromatic N) is 3. The van der Waals surface area contributed by atoms with Crippen molar-refractivity contribution >= 4 is 38.2 Å². The van der Waals surface area contributed by atoms with Gasteiger partial charge in [-0.2, -0.15) is 0 Å². The molecule has 1 fully saturated rings. The molecule has 4 rings (SSSR count). The molecule has 1 saturated carbocycles. The molecular formula is C21H25N3O4S2. The first-order valence-electron chi connectivity index (χ1n) is 9.90. The van der Waals surface area contributed by atoms with Gasteiger partial charge < -0.3 is 9.42 Å². The second kappa shape index (κ2) is 7.46. The van der Waals surface area contributed by atoms with Gasteiger partial charge in [-0.15, -0.1) is 11.3 Å². The van der Waals surface area contributed by atoms with Crippen molar-refractivity contribution in [2.45, 2.75) is 52.6 Å². The molecule has 9 heteroatoms. The van der Waals surface area contributed by atoms with Crippen molar-refractivity contribution in [3.8, 4) is 11.3 Å². The standard InChI is InChI=1S/C21H25N3O4S2/c1-11(10-30(5,26)27)24(15-6-7-15)21(25)17-9-18(16-8-12(2)29-14(16)4)22-20-19(17)13(3)23-28-20/h8-9,11,15H,6-7,10H2,1-5H3. The van der Waals surface area contributed by atoms with Crippen LogP contribution in [-0.2, 0) is 9.84 Å². The molecule has 0 aliphatic heterocycles. The fourth-order valence-corrected chi connectivity index (χ4v) is 5.99. The first kappa shape index (κ1) is 21.0. The summed E-state index contributed by atoms with van der Waals surface area (Å²) in [5.74, 6) is -0.264. The fraction of sp³-hybridized carbons (Fsp3) is 0.476. The third-order valence-corrected chi connectivity index (χ3v) is 7.41. The van der Waals surface area contributed by atoms with Crippen LogP contribution in [0.25, 0.3) is 22.4 Å². The van der Waals surface area contributed by atoms with Gasteiger partial charge in [-0.3, -0.25) is 4.79 Å². The fourth-order valence-electron chi connectivity index (χ4n) is 4.02. The lowest BCUT2D eigenvalue weighted by Gasteiger charge is -2.29. The van der Waals surface area contributed by atoms with Crippen molar-refractivity contribution in [2.24, 2.45) is 0 Å². The smallest absolute Gasteiger partial charge is 0.259 e. The highest BCUT2D eigenvalue weighted by molar-refractivity contribution is 7.90. The summed E-state index contributed by atoms with van der Waals surface area (Å²) in [5.41, 5.74) is 3.00. The van der Waals surface area contributed by atoms with Crippen LogP contribution in [-0.4, -0.2) is 53.5 Å². The second-order valence-electron chi connectivity index (χ2n) is 8.22. The Morgan fingerprint density at radius 2 is 2.00 bits per heavy atom. The SMILES string of the molecule is Cc1cc(-c2cc(C(=O)N(C(C)CS(C)(=O)=O)C3CC3)c3c(C)noc3n2)c(C)s1. The lowest BCUT2D eigenvalue weighted by atomic mass is 10.0. The molecule has 160 valence electrons. The normalized spacial score (nSPS) is 15.5. The summed E-state index contributed by atoms with van der Waals surface area (Å²) in [6, 6.07) is 3.49. The van der Waals surface area contributed by atoms with Gasteiger partial charge in [0.05, 0.1) is 28.1 Å². The summed E-state index contributed by atoms with van der Waals surface area (Å²) in [4.78, 5) is 22.3. The van der Waals surface area contributed by atoms with Crippen LogP contribution in [0.2, 0.25) is 0 Å². The van der Waals surface area contributed by atoms with E-state index in [9.17, 15) is 13.2 Å². The quantitative estimate of drug-likeness (QED) is 0.569. The molecule has 1 atom stereocenters. The average Bonchev–Trinajstić information content (AvgIpc) is 3.30. The van der Waals surface area contributed by atoms with Crippen molar-refractivity contribution in [3.63, 3.8) is 0 Å². The van der Waals surface area contributed by atoms with Gasteiger partial charge in [0.2, 0.25) is 0 Å². The Hall–Kier alpha value is -2.26. The number of pyridine rings is 1. The molecule has 3 aromatic heterocycles. The third-order valence-electron chi connectivity index (χ3n) is 5.36. The van der Waals surface area contributed by atoms with Crippen LogP contribution >= 0.6 is 11.3 Å². The zero-order valence-corrected chi connectivity index (χ0v) is 19.4. The zero-order chi connectivity index (χ0) is 21.8. The molecule has 1 aliphatic carbocycles. The molecule has 3 aromatic rings. The van der Waals surface area contributed by atoms with Crippen LogP contribution in [0.4, 0.5) is 0 Å². The molecule has 0 bridgehead atoms. The Kier molecular flexibility index (Phi) is 5.22. The van der Waals surface area contributed by atoms with Crippen LogP contribution < -0.4 is 0 Å². The number of aryl methyl sites for hydroxylation is 3. The number of fused-ring (bicyclic) bond motifs is 1. The molecule has 1 unspecified atom stereocenters. The van der Waals surface area contributed by atoms with Crippen LogP contribution in [0, 0.1) is 20.8 Å². The molecule has 0 N–H and O–H groups in total. The number of carbonyl (C=O) groups is 1. The Morgan fingerprint density at radius 3 is 2.57 bits per heavy atom. The van der Waals surface area contributed by atoms with Crippen molar-refractivity contribution in [1.82, 2.24) is 15.0 Å². The Bertz CT molecular complexity index is 1240. The molecule has 0 aromatic carbocycles. The highest BCUT2D eigenvalue weighted by Gasteiger charge is 2.38. The maximum absolute atomic E-state index is 13.7. The average molecular weight is 448 g/mol. The minimum Gasteiger partial charge on any atom is -0.335 e. The van der Waals surface area contributed by atoms with E-state index in [4.69, 9.17) is 4.52 Å². The maximum atomic E-state index is 13.7. The summed E-state index contributed by atoms with van der Waals surface area (Å²) in [5, 5.41) is 4.61. The highest BCUT2D eigenvalue weighted by atomic mass is 32.2. The monoisotopic (exact) mass is 447 g/mol. The van der Waals surface area contributed by atoms with E-state index in [1.807, 2.05) is 13.8 Å². The first-order valence-corrected chi connectivity index (χ1v) is 12.8. The van der Waals surface area contributed by atoms with E-state index < -0.39 is 15.9 Å². The van der Waals surface area contributed by atoms with Crippen molar-refractivity contribution in [2.75, 3.05) is 12.0 Å². The van der Waals surface area contributed by atoms with Crippen LogP contribution in [0.1, 0.15) is 45.6 Å². The van der Waals surface area contributed by atoms with Crippen molar-refractivity contribution in [1.29, 1.82) is 0 Å². The summed E-state index contributed by atoms with van der Waals surface area (Å²) in [6.45, 7) is 7.64. The topological polar surface area (TPSA) is 93.4 Å². The van der Waals surface area contributed by atoms with E-state index in [0.717, 1.165) is 28.2 Å². The highest BCUT2D eigenvalue weighted by Crippen LogP contribution is 2.36. The minimum atomic E-state index is -3.22. The summed E-state index contributed by atoms with van der Waals surface area (Å²) in [7, 11) is -3.22. The number of hydrogen-bond donors (Lipinski definition) is 0. The number of sulfone groups is 1. The van der Waals surface area contributed by atoms with E-state index in [1.165, 1.54) is 6.26 Å². The van der Waals surface area contributed by atoms with Gasteiger partial charge in [-0.1, -0.05) is 5.16 Å². The van der Waals surface area contributed by atoms with E-state index in [-0.39, 0.29) is 17.7 Å². The molecule has 1 aliphatic rings. The van der Waals surface area contributed by atoms with E-state index in [2.05, 4.69) is 16.2 Å². The molecule has 7 nitrogen and oxygen atoms in total. The van der Waals surface area contributed by atoms with Gasteiger partial charge in [0, 0.05) is 33.7 Å². The van der Waals surface area contributed by atoms with E-state index in [1.54, 1.807) is 36.2 Å². The number of carbonyl (C=O) groups excluding carboxylic acids is 1. The molecule has 0 spiro atoms. The van der Waals surface area contributed by atoms with Crippen LogP contribution in [0.5, 0.6) is 0 Å². The molecule has 30 heavy (non-hydrogen) atoms. The lowest BCUT2D eigenvalue weighted by molar-refractivity contribution is 0.0694.